The summed E-state index contributed by atoms with van der Waals surface area (Å²) in [4.78, 5) is 3.96. The lowest BCUT2D eigenvalue weighted by Crippen LogP contribution is -2.23. The number of nitrogens with one attached hydrogen (secondary N) is 1. The molecule has 0 amide bonds. The van der Waals surface area contributed by atoms with Crippen LogP contribution in [-0.2, 0) is 6.42 Å². The number of hydrazone groups is 1. The molecule has 0 fully saturated rings. The van der Waals surface area contributed by atoms with Gasteiger partial charge in [-0.1, -0.05) is 30.3 Å². The first kappa shape index (κ1) is 12.3. The van der Waals surface area contributed by atoms with Crippen LogP contribution < -0.4 is 5.43 Å². The van der Waals surface area contributed by atoms with Crippen molar-refractivity contribution in [1.29, 1.82) is 0 Å². The molecule has 0 aliphatic carbocycles. The number of aromatic nitrogens is 1. The van der Waals surface area contributed by atoms with Crippen LogP contribution in [0.15, 0.2) is 60.0 Å². The highest BCUT2D eigenvalue weighted by Crippen LogP contribution is 2.02. The Balaban J connectivity index is 1.82. The van der Waals surface area contributed by atoms with Gasteiger partial charge in [0.2, 0.25) is 0 Å². The second-order valence-corrected chi connectivity index (χ2v) is 4.26. The van der Waals surface area contributed by atoms with Gasteiger partial charge in [0.25, 0.3) is 0 Å². The van der Waals surface area contributed by atoms with Gasteiger partial charge >= 0.3 is 0 Å². The Morgan fingerprint density at radius 2 is 1.89 bits per heavy atom. The number of hydrogen-bond donors (Lipinski definition) is 1. The highest BCUT2D eigenvalue weighted by Gasteiger charge is 2.00. The molecular formula is C15H17N3. The average Bonchev–Trinajstić information content (AvgIpc) is 2.41. The van der Waals surface area contributed by atoms with E-state index < -0.39 is 0 Å². The van der Waals surface area contributed by atoms with E-state index in [1.807, 2.05) is 24.4 Å². The van der Waals surface area contributed by atoms with Crippen molar-refractivity contribution in [2.24, 2.45) is 5.10 Å². The topological polar surface area (TPSA) is 37.3 Å². The fourth-order valence-corrected chi connectivity index (χ4v) is 1.70. The summed E-state index contributed by atoms with van der Waals surface area (Å²) < 4.78 is 0. The molecule has 3 heteroatoms. The molecule has 1 N–H and O–H groups in total. The van der Waals surface area contributed by atoms with E-state index in [9.17, 15) is 0 Å². The summed E-state index contributed by atoms with van der Waals surface area (Å²) in [6.45, 7) is 2.12. The van der Waals surface area contributed by atoms with Gasteiger partial charge in [-0.15, -0.1) is 0 Å². The summed E-state index contributed by atoms with van der Waals surface area (Å²) in [7, 11) is 0. The first-order valence-corrected chi connectivity index (χ1v) is 6.07. The molecule has 0 radical (unpaired) electrons. The number of benzene rings is 1. The van der Waals surface area contributed by atoms with E-state index >= 15 is 0 Å². The average molecular weight is 239 g/mol. The third-order valence-corrected chi connectivity index (χ3v) is 2.60. The first-order chi connectivity index (χ1) is 8.84. The van der Waals surface area contributed by atoms with Crippen molar-refractivity contribution in [3.63, 3.8) is 0 Å². The Hall–Kier alpha value is -2.16. The van der Waals surface area contributed by atoms with Gasteiger partial charge in [0.1, 0.15) is 0 Å². The van der Waals surface area contributed by atoms with Crippen LogP contribution in [-0.4, -0.2) is 17.2 Å². The SMILES string of the molecule is CC(Cc1ccccc1)N/N=C/c1ccncc1. The normalized spacial score (nSPS) is 12.5. The van der Waals surface area contributed by atoms with Crippen molar-refractivity contribution in [3.8, 4) is 0 Å². The quantitative estimate of drug-likeness (QED) is 0.643. The van der Waals surface area contributed by atoms with Crippen LogP contribution in [0.1, 0.15) is 18.1 Å². The minimum absolute atomic E-state index is 0.311. The number of nitrogens with zero attached hydrogens (tertiary/aromatic N) is 2. The molecule has 18 heavy (non-hydrogen) atoms. The highest BCUT2D eigenvalue weighted by atomic mass is 15.3. The van der Waals surface area contributed by atoms with Crippen LogP contribution in [0.5, 0.6) is 0 Å². The molecule has 0 spiro atoms. The largest absolute Gasteiger partial charge is 0.307 e. The van der Waals surface area contributed by atoms with Gasteiger partial charge in [-0.05, 0) is 36.6 Å². The summed E-state index contributed by atoms with van der Waals surface area (Å²) >= 11 is 0. The Labute approximate surface area is 108 Å². The molecule has 1 atom stereocenters. The molecule has 1 unspecified atom stereocenters. The maximum absolute atomic E-state index is 4.23. The number of hydrogen-bond acceptors (Lipinski definition) is 3. The van der Waals surface area contributed by atoms with E-state index in [2.05, 4.69) is 46.7 Å². The molecule has 1 heterocycles. The first-order valence-electron chi connectivity index (χ1n) is 6.07. The summed E-state index contributed by atoms with van der Waals surface area (Å²) in [6.07, 6.45) is 6.29. The maximum Gasteiger partial charge on any atom is 0.0541 e. The molecule has 0 saturated heterocycles. The van der Waals surface area contributed by atoms with Crippen molar-refractivity contribution in [2.45, 2.75) is 19.4 Å². The summed E-state index contributed by atoms with van der Waals surface area (Å²) in [5.41, 5.74) is 5.49. The van der Waals surface area contributed by atoms with Crippen molar-refractivity contribution in [1.82, 2.24) is 10.4 Å². The minimum Gasteiger partial charge on any atom is -0.307 e. The van der Waals surface area contributed by atoms with Gasteiger partial charge in [0, 0.05) is 18.4 Å². The van der Waals surface area contributed by atoms with Crippen LogP contribution in [0.3, 0.4) is 0 Å². The molecule has 2 rings (SSSR count). The van der Waals surface area contributed by atoms with E-state index in [1.54, 1.807) is 12.4 Å². The zero-order valence-electron chi connectivity index (χ0n) is 10.5. The molecule has 3 nitrogen and oxygen atoms in total. The Morgan fingerprint density at radius 1 is 1.17 bits per heavy atom. The lowest BCUT2D eigenvalue weighted by molar-refractivity contribution is 0.572. The molecule has 0 bridgehead atoms. The number of rotatable bonds is 5. The smallest absolute Gasteiger partial charge is 0.0541 e. The summed E-state index contributed by atoms with van der Waals surface area (Å²) in [5, 5.41) is 4.23. The van der Waals surface area contributed by atoms with Gasteiger partial charge in [-0.3, -0.25) is 4.98 Å². The summed E-state index contributed by atoms with van der Waals surface area (Å²) in [5.74, 6) is 0. The zero-order chi connectivity index (χ0) is 12.6. The third-order valence-electron chi connectivity index (χ3n) is 2.60. The Kier molecular flexibility index (Phi) is 4.47. The monoisotopic (exact) mass is 239 g/mol. The van der Waals surface area contributed by atoms with Gasteiger partial charge in [-0.25, -0.2) is 0 Å². The summed E-state index contributed by atoms with van der Waals surface area (Å²) in [6, 6.07) is 14.6. The van der Waals surface area contributed by atoms with Gasteiger partial charge in [-0.2, -0.15) is 5.10 Å². The molecule has 0 aliphatic rings. The van der Waals surface area contributed by atoms with Crippen molar-refractivity contribution in [2.75, 3.05) is 0 Å². The van der Waals surface area contributed by atoms with Crippen molar-refractivity contribution >= 4 is 6.21 Å². The fourth-order valence-electron chi connectivity index (χ4n) is 1.70. The van der Waals surface area contributed by atoms with Gasteiger partial charge in [0.05, 0.1) is 6.21 Å². The van der Waals surface area contributed by atoms with Crippen LogP contribution in [0.25, 0.3) is 0 Å². The number of pyridine rings is 1. The predicted molar refractivity (Wildman–Crippen MR) is 74.6 cm³/mol. The third kappa shape index (κ3) is 4.01. The van der Waals surface area contributed by atoms with E-state index in [0.717, 1.165) is 12.0 Å². The van der Waals surface area contributed by atoms with E-state index in [0.29, 0.717) is 6.04 Å². The Bertz CT molecular complexity index is 480. The van der Waals surface area contributed by atoms with E-state index in [4.69, 9.17) is 0 Å². The fraction of sp³-hybridized carbons (Fsp3) is 0.200. The molecule has 92 valence electrons. The molecular weight excluding hydrogens is 222 g/mol. The van der Waals surface area contributed by atoms with Crippen molar-refractivity contribution in [3.05, 3.63) is 66.0 Å². The second-order valence-electron chi connectivity index (χ2n) is 4.26. The molecule has 0 saturated carbocycles. The standard InChI is InChI=1S/C15H17N3/c1-13(11-14-5-3-2-4-6-14)18-17-12-15-7-9-16-10-8-15/h2-10,12-13,18H,11H2,1H3/b17-12+. The lowest BCUT2D eigenvalue weighted by atomic mass is 10.1. The molecule has 1 aromatic carbocycles. The maximum atomic E-state index is 4.23. The zero-order valence-corrected chi connectivity index (χ0v) is 10.5. The molecule has 1 aromatic heterocycles. The van der Waals surface area contributed by atoms with Crippen LogP contribution in [0, 0.1) is 0 Å². The van der Waals surface area contributed by atoms with Crippen LogP contribution in [0.2, 0.25) is 0 Å². The lowest BCUT2D eigenvalue weighted by Gasteiger charge is -2.10. The van der Waals surface area contributed by atoms with Gasteiger partial charge < -0.3 is 5.43 Å². The molecule has 2 aromatic rings. The predicted octanol–water partition coefficient (Wildman–Crippen LogP) is 2.64. The van der Waals surface area contributed by atoms with Crippen LogP contribution in [0.4, 0.5) is 0 Å². The highest BCUT2D eigenvalue weighted by molar-refractivity contribution is 5.78. The second kappa shape index (κ2) is 6.55. The minimum atomic E-state index is 0.311. The molecule has 0 aliphatic heterocycles. The van der Waals surface area contributed by atoms with Gasteiger partial charge in [0.15, 0.2) is 0 Å². The Morgan fingerprint density at radius 3 is 2.61 bits per heavy atom. The van der Waals surface area contributed by atoms with E-state index in [1.165, 1.54) is 5.56 Å². The van der Waals surface area contributed by atoms with Crippen LogP contribution >= 0.6 is 0 Å². The van der Waals surface area contributed by atoms with E-state index in [-0.39, 0.29) is 0 Å². The van der Waals surface area contributed by atoms with Crippen molar-refractivity contribution < 1.29 is 0 Å².